The topological polar surface area (TPSA) is 70.9 Å². The Labute approximate surface area is 132 Å². The number of aromatic hydroxyl groups is 1. The van der Waals surface area contributed by atoms with E-state index in [2.05, 4.69) is 10.5 Å². The van der Waals surface area contributed by atoms with Gasteiger partial charge in [-0.1, -0.05) is 0 Å². The van der Waals surface area contributed by atoms with Crippen molar-refractivity contribution in [2.24, 2.45) is 5.10 Å². The van der Waals surface area contributed by atoms with E-state index in [1.54, 1.807) is 12.1 Å². The van der Waals surface area contributed by atoms with Crippen LogP contribution in [0.2, 0.25) is 0 Å². The van der Waals surface area contributed by atoms with Crippen molar-refractivity contribution in [3.05, 3.63) is 21.3 Å². The average Bonchev–Trinajstić information content (AvgIpc) is 2.31. The van der Waals surface area contributed by atoms with Gasteiger partial charge in [0.1, 0.15) is 0 Å². The molecule has 0 spiro atoms. The quantitative estimate of drug-likeness (QED) is 0.342. The number of likely N-dealkylation sites (N-methyl/N-ethyl adjacent to an activating group) is 1. The summed E-state index contributed by atoms with van der Waals surface area (Å²) in [5.74, 6) is 0.310. The van der Waals surface area contributed by atoms with Crippen LogP contribution in [-0.4, -0.2) is 56.5 Å². The zero-order valence-corrected chi connectivity index (χ0v) is 14.1. The highest BCUT2D eigenvalue weighted by molar-refractivity contribution is 14.1. The maximum absolute atomic E-state index is 11.6. The predicted octanol–water partition coefficient (Wildman–Crippen LogP) is 1.16. The van der Waals surface area contributed by atoms with Gasteiger partial charge in [0.25, 0.3) is 5.91 Å². The Kier molecular flexibility index (Phi) is 5.75. The minimum atomic E-state index is -0.158. The molecule has 0 aliphatic carbocycles. The smallest absolute Gasteiger partial charge is 0.295 e. The van der Waals surface area contributed by atoms with E-state index in [0.29, 0.717) is 20.3 Å². The lowest BCUT2D eigenvalue weighted by Gasteiger charge is -2.21. The zero-order chi connectivity index (χ0) is 15.3. The van der Waals surface area contributed by atoms with E-state index < -0.39 is 0 Å². The monoisotopic (exact) mass is 392 g/mol. The van der Waals surface area contributed by atoms with E-state index in [-0.39, 0.29) is 11.7 Å². The molecular weight excluding hydrogens is 373 g/mol. The second kappa shape index (κ2) is 6.89. The summed E-state index contributed by atoms with van der Waals surface area (Å²) in [5.41, 5.74) is 3.20. The molecule has 6 nitrogen and oxygen atoms in total. The van der Waals surface area contributed by atoms with E-state index in [1.165, 1.54) is 13.3 Å². The average molecular weight is 392 g/mol. The van der Waals surface area contributed by atoms with Crippen LogP contribution in [0.5, 0.6) is 11.5 Å². The number of halogens is 1. The van der Waals surface area contributed by atoms with Crippen LogP contribution >= 0.6 is 22.6 Å². The zero-order valence-electron chi connectivity index (χ0n) is 12.0. The normalized spacial score (nSPS) is 11.7. The first-order chi connectivity index (χ1) is 9.23. The van der Waals surface area contributed by atoms with Crippen molar-refractivity contribution >= 4 is 34.7 Å². The lowest BCUT2D eigenvalue weighted by atomic mass is 10.2. The number of rotatable bonds is 5. The Hall–Kier alpha value is -1.35. The van der Waals surface area contributed by atoms with Crippen molar-refractivity contribution in [3.8, 4) is 11.5 Å². The molecule has 7 heteroatoms. The molecule has 0 saturated carbocycles. The number of carbonyl (C=O) groups excluding carboxylic acids is 1. The third-order valence-corrected chi connectivity index (χ3v) is 3.11. The summed E-state index contributed by atoms with van der Waals surface area (Å²) in [6, 6.07) is 3.39. The largest absolute Gasteiger partial charge is 0.504 e. The number of hydrazone groups is 1. The van der Waals surface area contributed by atoms with Gasteiger partial charge in [0.15, 0.2) is 18.0 Å². The minimum absolute atomic E-state index is 0.0966. The highest BCUT2D eigenvalue weighted by atomic mass is 127. The first-order valence-corrected chi connectivity index (χ1v) is 6.99. The summed E-state index contributed by atoms with van der Waals surface area (Å²) in [6.45, 7) is 0.341. The Bertz CT molecular complexity index is 524. The number of carbonyl (C=O) groups is 1. The fraction of sp³-hybridized carbons (Fsp3) is 0.385. The predicted molar refractivity (Wildman–Crippen MR) is 86.0 cm³/mol. The molecule has 0 radical (unpaired) electrons. The second-order valence-corrected chi connectivity index (χ2v) is 6.46. The summed E-state index contributed by atoms with van der Waals surface area (Å²) >= 11 is 2.00. The van der Waals surface area contributed by atoms with E-state index in [1.807, 2.05) is 43.7 Å². The molecule has 0 atom stereocenters. The summed E-state index contributed by atoms with van der Waals surface area (Å²) in [6.07, 6.45) is 1.51. The van der Waals surface area contributed by atoms with Crippen molar-refractivity contribution in [2.45, 2.75) is 0 Å². The van der Waals surface area contributed by atoms with Crippen LogP contribution in [0.25, 0.3) is 0 Å². The van der Waals surface area contributed by atoms with Gasteiger partial charge in [0.05, 0.1) is 38.0 Å². The van der Waals surface area contributed by atoms with Crippen LogP contribution in [0.3, 0.4) is 0 Å². The summed E-state index contributed by atoms with van der Waals surface area (Å²) < 4.78 is 6.24. The molecule has 110 valence electrons. The molecule has 1 rings (SSSR count). The maximum Gasteiger partial charge on any atom is 0.295 e. The van der Waals surface area contributed by atoms with E-state index in [9.17, 15) is 9.90 Å². The summed E-state index contributed by atoms with van der Waals surface area (Å²) in [7, 11) is 7.26. The molecule has 20 heavy (non-hydrogen) atoms. The van der Waals surface area contributed by atoms with Crippen molar-refractivity contribution in [2.75, 3.05) is 34.8 Å². The van der Waals surface area contributed by atoms with Gasteiger partial charge >= 0.3 is 0 Å². The summed E-state index contributed by atoms with van der Waals surface area (Å²) in [5, 5.41) is 13.6. The molecule has 1 aromatic rings. The van der Waals surface area contributed by atoms with Gasteiger partial charge in [-0.05, 0) is 40.3 Å². The number of phenolic OH excluding ortho intramolecular Hbond substituents is 1. The number of amides is 1. The van der Waals surface area contributed by atoms with Gasteiger partial charge in [-0.25, -0.2) is 5.43 Å². The Morgan fingerprint density at radius 2 is 2.15 bits per heavy atom. The Balaban J connectivity index is 2.72. The van der Waals surface area contributed by atoms with Crippen molar-refractivity contribution in [1.29, 1.82) is 0 Å². The molecule has 0 unspecified atom stereocenters. The van der Waals surface area contributed by atoms with E-state index >= 15 is 0 Å². The van der Waals surface area contributed by atoms with Gasteiger partial charge in [-0.3, -0.25) is 4.79 Å². The molecule has 0 heterocycles. The fourth-order valence-electron chi connectivity index (χ4n) is 1.47. The van der Waals surface area contributed by atoms with Crippen LogP contribution in [-0.2, 0) is 4.79 Å². The Morgan fingerprint density at radius 1 is 1.50 bits per heavy atom. The lowest BCUT2D eigenvalue weighted by Crippen LogP contribution is -2.43. The second-order valence-electron chi connectivity index (χ2n) is 5.30. The standard InChI is InChI=1S/C13H18IN3O3/c1-17(2,3)8-12(18)16-15-7-9-5-10(14)13(19)11(6-9)20-4/h5-7H,8H2,1-4H3,(H-,15,16,18,19)/p+1. The molecule has 0 aliphatic heterocycles. The first-order valence-electron chi connectivity index (χ1n) is 5.92. The molecule has 2 N–H and O–H groups in total. The van der Waals surface area contributed by atoms with Crippen LogP contribution in [0.1, 0.15) is 5.56 Å². The number of hydrogen-bond donors (Lipinski definition) is 2. The van der Waals surface area contributed by atoms with Crippen LogP contribution in [0, 0.1) is 3.57 Å². The number of nitrogens with one attached hydrogen (secondary N) is 1. The van der Waals surface area contributed by atoms with Gasteiger partial charge in [0, 0.05) is 0 Å². The summed E-state index contributed by atoms with van der Waals surface area (Å²) in [4.78, 5) is 11.6. The van der Waals surface area contributed by atoms with Gasteiger partial charge < -0.3 is 14.3 Å². The fourth-order valence-corrected chi connectivity index (χ4v) is 2.09. The molecule has 1 amide bonds. The van der Waals surface area contributed by atoms with E-state index in [0.717, 1.165) is 5.56 Å². The minimum Gasteiger partial charge on any atom is -0.504 e. The van der Waals surface area contributed by atoms with Crippen LogP contribution < -0.4 is 10.2 Å². The SMILES string of the molecule is COc1cc(/C=N\NC(=O)C[N+](C)(C)C)cc(I)c1O. The number of benzene rings is 1. The third kappa shape index (κ3) is 5.33. The molecule has 0 aliphatic rings. The van der Waals surface area contributed by atoms with E-state index in [4.69, 9.17) is 4.74 Å². The number of phenols is 1. The number of hydrogen-bond acceptors (Lipinski definition) is 4. The van der Waals surface area contributed by atoms with Gasteiger partial charge in [-0.2, -0.15) is 5.10 Å². The van der Waals surface area contributed by atoms with Crippen LogP contribution in [0.4, 0.5) is 0 Å². The molecule has 0 saturated heterocycles. The number of nitrogens with zero attached hydrogens (tertiary/aromatic N) is 2. The maximum atomic E-state index is 11.6. The van der Waals surface area contributed by atoms with Gasteiger partial charge in [-0.15, -0.1) is 0 Å². The molecule has 0 bridgehead atoms. The number of quaternary nitrogens is 1. The number of methoxy groups -OCH3 is 1. The highest BCUT2D eigenvalue weighted by Crippen LogP contribution is 2.31. The van der Waals surface area contributed by atoms with Crippen molar-refractivity contribution in [3.63, 3.8) is 0 Å². The third-order valence-electron chi connectivity index (χ3n) is 2.29. The van der Waals surface area contributed by atoms with Crippen molar-refractivity contribution < 1.29 is 19.1 Å². The Morgan fingerprint density at radius 3 is 2.70 bits per heavy atom. The van der Waals surface area contributed by atoms with Gasteiger partial charge in [0.2, 0.25) is 0 Å². The number of ether oxygens (including phenoxy) is 1. The molecule has 0 aromatic heterocycles. The van der Waals surface area contributed by atoms with Crippen molar-refractivity contribution in [1.82, 2.24) is 5.43 Å². The molecule has 0 fully saturated rings. The highest BCUT2D eigenvalue weighted by Gasteiger charge is 2.13. The first kappa shape index (κ1) is 16.7. The molecular formula is C13H19IN3O3+. The lowest BCUT2D eigenvalue weighted by molar-refractivity contribution is -0.862. The van der Waals surface area contributed by atoms with Crippen LogP contribution in [0.15, 0.2) is 17.2 Å². The molecule has 1 aromatic carbocycles.